The van der Waals surface area contributed by atoms with Gasteiger partial charge >= 0.3 is 0 Å². The normalized spacial score (nSPS) is 16.6. The van der Waals surface area contributed by atoms with Crippen LogP contribution < -0.4 is 14.4 Å². The van der Waals surface area contributed by atoms with Crippen LogP contribution in [-0.2, 0) is 11.2 Å². The van der Waals surface area contributed by atoms with E-state index in [1.807, 2.05) is 24.0 Å². The average Bonchev–Trinajstić information content (AvgIpc) is 2.52. The minimum absolute atomic E-state index is 0. The van der Waals surface area contributed by atoms with E-state index in [1.54, 1.807) is 14.2 Å². The van der Waals surface area contributed by atoms with Gasteiger partial charge in [-0.3, -0.25) is 4.79 Å². The maximum Gasteiger partial charge on any atom is 0.227 e. The molecule has 2 rings (SSSR count). The van der Waals surface area contributed by atoms with Gasteiger partial charge in [0.15, 0.2) is 11.5 Å². The molecule has 1 aromatic carbocycles. The zero-order valence-electron chi connectivity index (χ0n) is 14.6. The number of rotatable bonds is 5. The zero-order chi connectivity index (χ0) is 16.3. The Balaban J connectivity index is 0.00000264. The van der Waals surface area contributed by atoms with Crippen molar-refractivity contribution in [3.8, 4) is 11.5 Å². The van der Waals surface area contributed by atoms with Crippen molar-refractivity contribution in [3.63, 3.8) is 0 Å². The third-order valence-electron chi connectivity index (χ3n) is 4.22. The van der Waals surface area contributed by atoms with E-state index in [4.69, 9.17) is 9.47 Å². The molecule has 1 unspecified atom stereocenters. The summed E-state index contributed by atoms with van der Waals surface area (Å²) in [6.07, 6.45) is 2.32. The number of fused-ring (bicyclic) bond motifs is 1. The topological polar surface area (TPSA) is 42.0 Å². The lowest BCUT2D eigenvalue weighted by atomic mass is 9.96. The second-order valence-electron chi connectivity index (χ2n) is 5.91. The second kappa shape index (κ2) is 8.55. The highest BCUT2D eigenvalue weighted by Crippen LogP contribution is 2.38. The van der Waals surface area contributed by atoms with E-state index < -0.39 is 0 Å². The molecule has 0 bridgehead atoms. The Bertz CT molecular complexity index is 549. The van der Waals surface area contributed by atoms with Crippen LogP contribution in [0.25, 0.3) is 0 Å². The van der Waals surface area contributed by atoms with Crippen molar-refractivity contribution < 1.29 is 14.3 Å². The Hall–Kier alpha value is -1.27. The molecule has 1 amide bonds. The van der Waals surface area contributed by atoms with Gasteiger partial charge < -0.3 is 19.3 Å². The Morgan fingerprint density at radius 1 is 1.26 bits per heavy atom. The zero-order valence-corrected chi connectivity index (χ0v) is 16.3. The Morgan fingerprint density at radius 3 is 2.39 bits per heavy atom. The number of hydrogen-bond acceptors (Lipinski definition) is 4. The third kappa shape index (κ3) is 4.18. The number of nitrogens with zero attached hydrogens (tertiary/aromatic N) is 2. The quantitative estimate of drug-likeness (QED) is 0.779. The molecule has 130 valence electrons. The largest absolute Gasteiger partial charge is 0.493 e. The van der Waals surface area contributed by atoms with Gasteiger partial charge in [0.1, 0.15) is 0 Å². The van der Waals surface area contributed by atoms with Crippen LogP contribution in [0.3, 0.4) is 0 Å². The smallest absolute Gasteiger partial charge is 0.227 e. The molecular weight excluding hydrogens is 360 g/mol. The highest BCUT2D eigenvalue weighted by molar-refractivity contribution is 8.93. The van der Waals surface area contributed by atoms with E-state index in [-0.39, 0.29) is 22.9 Å². The van der Waals surface area contributed by atoms with Crippen molar-refractivity contribution >= 4 is 28.6 Å². The number of ether oxygens (including phenoxy) is 2. The molecule has 0 aliphatic carbocycles. The maximum atomic E-state index is 12.5. The summed E-state index contributed by atoms with van der Waals surface area (Å²) in [6.45, 7) is 2.75. The van der Waals surface area contributed by atoms with Crippen molar-refractivity contribution in [2.75, 3.05) is 39.8 Å². The van der Waals surface area contributed by atoms with Crippen molar-refractivity contribution in [1.29, 1.82) is 0 Å². The van der Waals surface area contributed by atoms with Crippen LogP contribution in [0.5, 0.6) is 11.5 Å². The molecule has 1 aromatic rings. The molecule has 5 nitrogen and oxygen atoms in total. The molecule has 0 fully saturated rings. The molecule has 0 saturated heterocycles. The van der Waals surface area contributed by atoms with E-state index in [1.165, 1.54) is 0 Å². The van der Waals surface area contributed by atoms with Gasteiger partial charge in [0, 0.05) is 25.1 Å². The molecule has 1 aliphatic rings. The van der Waals surface area contributed by atoms with Crippen molar-refractivity contribution in [2.24, 2.45) is 0 Å². The van der Waals surface area contributed by atoms with E-state index >= 15 is 0 Å². The predicted octanol–water partition coefficient (Wildman–Crippen LogP) is 2.90. The first-order valence-corrected chi connectivity index (χ1v) is 7.73. The molecule has 1 heterocycles. The van der Waals surface area contributed by atoms with E-state index in [0.717, 1.165) is 24.1 Å². The molecule has 23 heavy (non-hydrogen) atoms. The van der Waals surface area contributed by atoms with Crippen molar-refractivity contribution in [3.05, 3.63) is 17.7 Å². The molecule has 1 atom stereocenters. The predicted molar refractivity (Wildman–Crippen MR) is 98.3 cm³/mol. The lowest BCUT2D eigenvalue weighted by molar-refractivity contribution is -0.118. The second-order valence-corrected chi connectivity index (χ2v) is 5.91. The standard InChI is InChI=1S/C17H26N2O3.BrH/c1-6-7-17(20)19-11-13(18(2)3)8-12-9-15(21-4)16(22-5)10-14(12)19;/h9-10,13H,6-8,11H2,1-5H3;1H. The SMILES string of the molecule is Br.CCCC(=O)N1CC(N(C)C)Cc2cc(OC)c(OC)cc21. The van der Waals surface area contributed by atoms with Gasteiger partial charge in [-0.15, -0.1) is 17.0 Å². The minimum atomic E-state index is 0. The number of benzene rings is 1. The summed E-state index contributed by atoms with van der Waals surface area (Å²) in [5.74, 6) is 1.55. The molecule has 0 aromatic heterocycles. The summed E-state index contributed by atoms with van der Waals surface area (Å²) in [5.41, 5.74) is 2.08. The molecule has 6 heteroatoms. The van der Waals surface area contributed by atoms with Crippen LogP contribution in [0.1, 0.15) is 25.3 Å². The lowest BCUT2D eigenvalue weighted by Gasteiger charge is -2.38. The van der Waals surface area contributed by atoms with Crippen LogP contribution in [-0.4, -0.2) is 51.7 Å². The number of carbonyl (C=O) groups excluding carboxylic acids is 1. The monoisotopic (exact) mass is 386 g/mol. The van der Waals surface area contributed by atoms with Crippen LogP contribution in [0, 0.1) is 0 Å². The summed E-state index contributed by atoms with van der Waals surface area (Å²) in [7, 11) is 7.36. The molecule has 0 saturated carbocycles. The van der Waals surface area contributed by atoms with Gasteiger partial charge in [0.25, 0.3) is 0 Å². The van der Waals surface area contributed by atoms with E-state index in [2.05, 4.69) is 19.0 Å². The lowest BCUT2D eigenvalue weighted by Crippen LogP contribution is -2.48. The van der Waals surface area contributed by atoms with Gasteiger partial charge in [-0.2, -0.15) is 0 Å². The summed E-state index contributed by atoms with van der Waals surface area (Å²) in [6, 6.07) is 4.23. The molecule has 0 radical (unpaired) electrons. The van der Waals surface area contributed by atoms with E-state index in [9.17, 15) is 4.79 Å². The number of carbonyl (C=O) groups is 1. The number of methoxy groups -OCH3 is 2. The Morgan fingerprint density at radius 2 is 1.87 bits per heavy atom. The average molecular weight is 387 g/mol. The highest BCUT2D eigenvalue weighted by Gasteiger charge is 2.30. The Kier molecular flexibility index (Phi) is 7.35. The van der Waals surface area contributed by atoms with Crippen LogP contribution >= 0.6 is 17.0 Å². The van der Waals surface area contributed by atoms with Crippen LogP contribution in [0.2, 0.25) is 0 Å². The summed E-state index contributed by atoms with van der Waals surface area (Å²) in [5, 5.41) is 0. The molecular formula is C17H27BrN2O3. The number of amides is 1. The third-order valence-corrected chi connectivity index (χ3v) is 4.22. The summed E-state index contributed by atoms with van der Waals surface area (Å²) < 4.78 is 10.8. The van der Waals surface area contributed by atoms with E-state index in [0.29, 0.717) is 30.5 Å². The number of anilines is 1. The van der Waals surface area contributed by atoms with Gasteiger partial charge in [-0.1, -0.05) is 6.92 Å². The maximum absolute atomic E-state index is 12.5. The van der Waals surface area contributed by atoms with Crippen molar-refractivity contribution in [1.82, 2.24) is 4.90 Å². The van der Waals surface area contributed by atoms with Gasteiger partial charge in [0.2, 0.25) is 5.91 Å². The van der Waals surface area contributed by atoms with Gasteiger partial charge in [0.05, 0.1) is 19.9 Å². The Labute approximate surface area is 149 Å². The van der Waals surface area contributed by atoms with Crippen molar-refractivity contribution in [2.45, 2.75) is 32.2 Å². The van der Waals surface area contributed by atoms with Crippen LogP contribution in [0.15, 0.2) is 12.1 Å². The first-order valence-electron chi connectivity index (χ1n) is 7.73. The van der Waals surface area contributed by atoms with Gasteiger partial charge in [-0.05, 0) is 38.6 Å². The number of halogens is 1. The fraction of sp³-hybridized carbons (Fsp3) is 0.588. The number of hydrogen-bond donors (Lipinski definition) is 0. The molecule has 0 N–H and O–H groups in total. The van der Waals surface area contributed by atoms with Gasteiger partial charge in [-0.25, -0.2) is 0 Å². The minimum Gasteiger partial charge on any atom is -0.493 e. The summed E-state index contributed by atoms with van der Waals surface area (Å²) in [4.78, 5) is 16.6. The fourth-order valence-corrected chi connectivity index (χ4v) is 2.88. The summed E-state index contributed by atoms with van der Waals surface area (Å²) >= 11 is 0. The first kappa shape index (κ1) is 19.8. The highest BCUT2D eigenvalue weighted by atomic mass is 79.9. The fourth-order valence-electron chi connectivity index (χ4n) is 2.88. The number of likely N-dealkylation sites (N-methyl/N-ethyl adjacent to an activating group) is 1. The van der Waals surface area contributed by atoms with Crippen LogP contribution in [0.4, 0.5) is 5.69 Å². The first-order chi connectivity index (χ1) is 10.5. The molecule has 0 spiro atoms. The molecule has 1 aliphatic heterocycles.